The van der Waals surface area contributed by atoms with Crippen LogP contribution in [0.25, 0.3) is 0 Å². The highest BCUT2D eigenvalue weighted by Crippen LogP contribution is 2.32. The molecule has 1 amide bonds. The first-order chi connectivity index (χ1) is 13.4. The van der Waals surface area contributed by atoms with Gasteiger partial charge in [0.25, 0.3) is 11.2 Å². The number of carbonyl (C=O) groups is 1. The molecule has 0 saturated carbocycles. The zero-order valence-corrected chi connectivity index (χ0v) is 14.9. The molecule has 1 aliphatic heterocycles. The second kappa shape index (κ2) is 7.79. The van der Waals surface area contributed by atoms with Gasteiger partial charge in [0, 0.05) is 6.07 Å². The molecule has 0 saturated heterocycles. The second-order valence-corrected chi connectivity index (χ2v) is 6.11. The van der Waals surface area contributed by atoms with E-state index in [1.165, 1.54) is 0 Å². The molecule has 28 heavy (non-hydrogen) atoms. The van der Waals surface area contributed by atoms with E-state index in [1.54, 1.807) is 31.2 Å². The molecule has 0 unspecified atom stereocenters. The number of rotatable bonds is 5. The number of pyridine rings is 1. The first-order valence-corrected chi connectivity index (χ1v) is 8.37. The van der Waals surface area contributed by atoms with Gasteiger partial charge in [-0.1, -0.05) is 6.07 Å². The Morgan fingerprint density at radius 1 is 1.36 bits per heavy atom. The maximum Gasteiger partial charge on any atom is 0.287 e. The summed E-state index contributed by atoms with van der Waals surface area (Å²) < 4.78 is 11.8. The molecule has 1 aromatic heterocycles. The average Bonchev–Trinajstić information content (AvgIpc) is 2.68. The van der Waals surface area contributed by atoms with Crippen molar-refractivity contribution in [1.29, 1.82) is 5.26 Å². The molecule has 0 fully saturated rings. The minimum Gasteiger partial charge on any atom is -0.486 e. The lowest BCUT2D eigenvalue weighted by molar-refractivity contribution is -0.385. The van der Waals surface area contributed by atoms with Crippen LogP contribution < -0.4 is 20.3 Å². The number of carbonyl (C=O) groups excluding carboxylic acids is 1. The second-order valence-electron chi connectivity index (χ2n) is 6.11. The first-order valence-electron chi connectivity index (χ1n) is 8.37. The largest absolute Gasteiger partial charge is 0.486 e. The van der Waals surface area contributed by atoms with Gasteiger partial charge < -0.3 is 14.8 Å². The number of amides is 1. The van der Waals surface area contributed by atoms with E-state index >= 15 is 0 Å². The number of benzene rings is 1. The monoisotopic (exact) mass is 384 g/mol. The SMILES string of the molecule is C[C@@H](NC(=O)Cn1cc([N+](=O)[O-])cc(C#N)c1=O)c1ccc2c(c1)OCCO2. The van der Waals surface area contributed by atoms with Crippen LogP contribution >= 0.6 is 0 Å². The number of aromatic nitrogens is 1. The van der Waals surface area contributed by atoms with Crippen LogP contribution in [0.4, 0.5) is 5.69 Å². The molecule has 0 bridgehead atoms. The number of nitriles is 1. The molecule has 1 N–H and O–H groups in total. The summed E-state index contributed by atoms with van der Waals surface area (Å²) in [7, 11) is 0. The van der Waals surface area contributed by atoms with Crippen molar-refractivity contribution in [2.24, 2.45) is 0 Å². The van der Waals surface area contributed by atoms with E-state index in [1.807, 2.05) is 0 Å². The van der Waals surface area contributed by atoms with Crippen LogP contribution in [-0.2, 0) is 11.3 Å². The summed E-state index contributed by atoms with van der Waals surface area (Å²) in [6, 6.07) is 7.37. The van der Waals surface area contributed by atoms with Crippen molar-refractivity contribution in [3.63, 3.8) is 0 Å². The van der Waals surface area contributed by atoms with Crippen molar-refractivity contribution in [1.82, 2.24) is 9.88 Å². The Morgan fingerprint density at radius 3 is 2.75 bits per heavy atom. The van der Waals surface area contributed by atoms with E-state index in [0.29, 0.717) is 24.7 Å². The number of nitrogens with one attached hydrogen (secondary N) is 1. The number of hydrogen-bond donors (Lipinski definition) is 1. The highest BCUT2D eigenvalue weighted by Gasteiger charge is 2.18. The van der Waals surface area contributed by atoms with Crippen LogP contribution in [0.2, 0.25) is 0 Å². The van der Waals surface area contributed by atoms with Gasteiger partial charge in [-0.25, -0.2) is 0 Å². The molecule has 10 heteroatoms. The van der Waals surface area contributed by atoms with Crippen molar-refractivity contribution in [2.75, 3.05) is 13.2 Å². The standard InChI is InChI=1S/C18H16N4O6/c1-11(12-2-3-15-16(7-12)28-5-4-27-15)20-17(23)10-21-9-14(22(25)26)6-13(8-19)18(21)24/h2-3,6-7,9,11H,4-5,10H2,1H3,(H,20,23)/t11-/m1/s1. The molecule has 1 aliphatic rings. The minimum atomic E-state index is -0.768. The third-order valence-corrected chi connectivity index (χ3v) is 4.16. The molecule has 2 heterocycles. The number of fused-ring (bicyclic) bond motifs is 1. The average molecular weight is 384 g/mol. The first kappa shape index (κ1) is 18.9. The lowest BCUT2D eigenvalue weighted by atomic mass is 10.1. The van der Waals surface area contributed by atoms with E-state index in [9.17, 15) is 19.7 Å². The Kier molecular flexibility index (Phi) is 5.26. The predicted octanol–water partition coefficient (Wildman–Crippen LogP) is 1.28. The van der Waals surface area contributed by atoms with Gasteiger partial charge in [-0.05, 0) is 24.6 Å². The third kappa shape index (κ3) is 3.93. The van der Waals surface area contributed by atoms with Crippen molar-refractivity contribution in [3.8, 4) is 17.6 Å². The molecule has 10 nitrogen and oxygen atoms in total. The number of nitrogens with zero attached hydrogens (tertiary/aromatic N) is 3. The van der Waals surface area contributed by atoms with Gasteiger partial charge in [-0.3, -0.25) is 24.3 Å². The lowest BCUT2D eigenvalue weighted by Crippen LogP contribution is -2.34. The molecule has 1 atom stereocenters. The van der Waals surface area contributed by atoms with Gasteiger partial charge in [-0.2, -0.15) is 5.26 Å². The van der Waals surface area contributed by atoms with Crippen LogP contribution in [0.5, 0.6) is 11.5 Å². The molecule has 2 aromatic rings. The van der Waals surface area contributed by atoms with E-state index in [-0.39, 0.29) is 0 Å². The smallest absolute Gasteiger partial charge is 0.287 e. The van der Waals surface area contributed by atoms with E-state index < -0.39 is 40.2 Å². The fourth-order valence-electron chi connectivity index (χ4n) is 2.77. The third-order valence-electron chi connectivity index (χ3n) is 4.16. The van der Waals surface area contributed by atoms with Crippen LogP contribution in [0.1, 0.15) is 24.1 Å². The Morgan fingerprint density at radius 2 is 2.07 bits per heavy atom. The van der Waals surface area contributed by atoms with Crippen molar-refractivity contribution in [3.05, 3.63) is 62.1 Å². The Bertz CT molecular complexity index is 1040. The van der Waals surface area contributed by atoms with E-state index in [2.05, 4.69) is 5.32 Å². The predicted molar refractivity (Wildman–Crippen MR) is 96.1 cm³/mol. The molecular weight excluding hydrogens is 368 g/mol. The fraction of sp³-hybridized carbons (Fsp3) is 0.278. The quantitative estimate of drug-likeness (QED) is 0.605. The lowest BCUT2D eigenvalue weighted by Gasteiger charge is -2.21. The van der Waals surface area contributed by atoms with Gasteiger partial charge >= 0.3 is 0 Å². The van der Waals surface area contributed by atoms with Gasteiger partial charge in [0.1, 0.15) is 31.4 Å². The molecule has 0 aliphatic carbocycles. The molecule has 3 rings (SSSR count). The van der Waals surface area contributed by atoms with Gasteiger partial charge in [0.05, 0.1) is 17.2 Å². The maximum absolute atomic E-state index is 12.3. The molecule has 0 spiro atoms. The van der Waals surface area contributed by atoms with Crippen LogP contribution in [0, 0.1) is 21.4 Å². The van der Waals surface area contributed by atoms with Crippen molar-refractivity contribution in [2.45, 2.75) is 19.5 Å². The van der Waals surface area contributed by atoms with Crippen LogP contribution in [0.3, 0.4) is 0 Å². The summed E-state index contributed by atoms with van der Waals surface area (Å²) in [5, 5.41) is 22.6. The Balaban J connectivity index is 1.75. The number of ether oxygens (including phenoxy) is 2. The summed E-state index contributed by atoms with van der Waals surface area (Å²) in [5.41, 5.74) is -0.845. The van der Waals surface area contributed by atoms with Crippen LogP contribution in [0.15, 0.2) is 35.3 Å². The van der Waals surface area contributed by atoms with E-state index in [0.717, 1.165) is 22.4 Å². The zero-order valence-electron chi connectivity index (χ0n) is 14.9. The van der Waals surface area contributed by atoms with Gasteiger partial charge in [-0.15, -0.1) is 0 Å². The maximum atomic E-state index is 12.3. The minimum absolute atomic E-state index is 0.401. The van der Waals surface area contributed by atoms with Crippen LogP contribution in [-0.4, -0.2) is 28.6 Å². The summed E-state index contributed by atoms with van der Waals surface area (Å²) >= 11 is 0. The topological polar surface area (TPSA) is 136 Å². The Hall–Kier alpha value is -3.87. The molecule has 1 aromatic carbocycles. The summed E-state index contributed by atoms with van der Waals surface area (Å²) in [4.78, 5) is 34.7. The van der Waals surface area contributed by atoms with Crippen molar-refractivity contribution < 1.29 is 19.2 Å². The normalized spacial score (nSPS) is 13.3. The van der Waals surface area contributed by atoms with Gasteiger partial charge in [0.15, 0.2) is 11.5 Å². The molecule has 144 valence electrons. The van der Waals surface area contributed by atoms with E-state index in [4.69, 9.17) is 14.7 Å². The zero-order chi connectivity index (χ0) is 20.3. The number of hydrogen-bond acceptors (Lipinski definition) is 7. The summed E-state index contributed by atoms with van der Waals surface area (Å²) in [6.45, 7) is 2.21. The number of nitro groups is 1. The fourth-order valence-corrected chi connectivity index (χ4v) is 2.77. The highest BCUT2D eigenvalue weighted by molar-refractivity contribution is 5.76. The van der Waals surface area contributed by atoms with Gasteiger partial charge in [0.2, 0.25) is 5.91 Å². The highest BCUT2D eigenvalue weighted by atomic mass is 16.6. The molecule has 0 radical (unpaired) electrons. The molecular formula is C18H16N4O6. The summed E-state index contributed by atoms with van der Waals surface area (Å²) in [5.74, 6) is 0.674. The Labute approximate surface area is 159 Å². The summed E-state index contributed by atoms with van der Waals surface area (Å²) in [6.07, 6.45) is 0.942. The van der Waals surface area contributed by atoms with Crippen molar-refractivity contribution >= 4 is 11.6 Å².